The average Bonchev–Trinajstić information content (AvgIpc) is 2.30. The summed E-state index contributed by atoms with van der Waals surface area (Å²) in [5.41, 5.74) is 6.13. The third kappa shape index (κ3) is 5.76. The average molecular weight is 293 g/mol. The van der Waals surface area contributed by atoms with E-state index in [4.69, 9.17) is 5.73 Å². The predicted molar refractivity (Wildman–Crippen MR) is 77.3 cm³/mol. The maximum Gasteiger partial charge on any atom is 0.321 e. The fourth-order valence-electron chi connectivity index (χ4n) is 2.19. The van der Waals surface area contributed by atoms with Crippen LogP contribution in [0.5, 0.6) is 0 Å². The number of amides is 3. The Morgan fingerprint density at radius 3 is 2.58 bits per heavy atom. The Morgan fingerprint density at radius 1 is 1.42 bits per heavy atom. The molecule has 0 aromatic carbocycles. The summed E-state index contributed by atoms with van der Waals surface area (Å²) in [6.45, 7) is 6.76. The zero-order chi connectivity index (χ0) is 13.8. The van der Waals surface area contributed by atoms with Crippen molar-refractivity contribution in [2.75, 3.05) is 26.7 Å². The van der Waals surface area contributed by atoms with Crippen molar-refractivity contribution < 1.29 is 9.59 Å². The van der Waals surface area contributed by atoms with Crippen LogP contribution >= 0.6 is 12.4 Å². The molecule has 7 heteroatoms. The molecule has 0 aromatic heterocycles. The minimum Gasteiger partial charge on any atom is -0.341 e. The molecule has 0 aromatic rings. The number of carbonyl (C=O) groups excluding carboxylic acids is 2. The van der Waals surface area contributed by atoms with Gasteiger partial charge in [-0.3, -0.25) is 10.1 Å². The summed E-state index contributed by atoms with van der Waals surface area (Å²) in [5, 5.41) is 4.61. The number of carbonyl (C=O) groups is 2. The van der Waals surface area contributed by atoms with Crippen molar-refractivity contribution in [3.8, 4) is 0 Å². The number of imide groups is 1. The van der Waals surface area contributed by atoms with E-state index in [0.29, 0.717) is 13.0 Å². The Kier molecular flexibility index (Phi) is 7.33. The first kappa shape index (κ1) is 18.1. The first-order chi connectivity index (χ1) is 8.35. The summed E-state index contributed by atoms with van der Waals surface area (Å²) in [7, 11) is 1.48. The summed E-state index contributed by atoms with van der Waals surface area (Å²) in [4.78, 5) is 24.6. The van der Waals surface area contributed by atoms with E-state index in [0.717, 1.165) is 19.5 Å². The molecule has 0 saturated carbocycles. The molecule has 3 amide bonds. The third-order valence-corrected chi connectivity index (χ3v) is 3.53. The van der Waals surface area contributed by atoms with Crippen molar-refractivity contribution in [1.29, 1.82) is 0 Å². The summed E-state index contributed by atoms with van der Waals surface area (Å²) >= 11 is 0. The van der Waals surface area contributed by atoms with Gasteiger partial charge in [-0.2, -0.15) is 0 Å². The van der Waals surface area contributed by atoms with Crippen LogP contribution in [-0.2, 0) is 4.79 Å². The van der Waals surface area contributed by atoms with E-state index in [2.05, 4.69) is 29.4 Å². The van der Waals surface area contributed by atoms with Gasteiger partial charge in [0.25, 0.3) is 0 Å². The van der Waals surface area contributed by atoms with Gasteiger partial charge in [0.1, 0.15) is 0 Å². The maximum absolute atomic E-state index is 11.5. The van der Waals surface area contributed by atoms with E-state index >= 15 is 0 Å². The lowest BCUT2D eigenvalue weighted by Gasteiger charge is -2.42. The van der Waals surface area contributed by atoms with Gasteiger partial charge >= 0.3 is 6.03 Å². The normalized spacial score (nSPS) is 22.2. The molecule has 4 N–H and O–H groups in total. The number of nitrogens with one attached hydrogen (secondary N) is 2. The van der Waals surface area contributed by atoms with Gasteiger partial charge in [0.05, 0.1) is 0 Å². The topological polar surface area (TPSA) is 87.5 Å². The van der Waals surface area contributed by atoms with Crippen LogP contribution in [0, 0.1) is 5.41 Å². The fourth-order valence-corrected chi connectivity index (χ4v) is 2.19. The van der Waals surface area contributed by atoms with Gasteiger partial charge in [-0.25, -0.2) is 4.79 Å². The largest absolute Gasteiger partial charge is 0.341 e. The number of rotatable bonds is 3. The van der Waals surface area contributed by atoms with E-state index in [9.17, 15) is 9.59 Å². The van der Waals surface area contributed by atoms with Crippen LogP contribution in [-0.4, -0.2) is 49.6 Å². The highest BCUT2D eigenvalue weighted by Gasteiger charge is 2.33. The van der Waals surface area contributed by atoms with E-state index in [1.807, 2.05) is 0 Å². The minimum atomic E-state index is -0.457. The number of nitrogens with two attached hydrogens (primary N) is 1. The molecule has 0 radical (unpaired) electrons. The minimum absolute atomic E-state index is 0. The summed E-state index contributed by atoms with van der Waals surface area (Å²) in [6.07, 6.45) is 1.28. The quantitative estimate of drug-likeness (QED) is 0.699. The summed E-state index contributed by atoms with van der Waals surface area (Å²) in [6, 6.07) is -0.241. The van der Waals surface area contributed by atoms with Crippen molar-refractivity contribution >= 4 is 24.3 Å². The molecule has 1 aliphatic rings. The molecular weight excluding hydrogens is 268 g/mol. The molecule has 0 spiro atoms. The van der Waals surface area contributed by atoms with Crippen molar-refractivity contribution in [3.63, 3.8) is 0 Å². The van der Waals surface area contributed by atoms with Crippen LogP contribution in [0.25, 0.3) is 0 Å². The molecule has 1 heterocycles. The van der Waals surface area contributed by atoms with Crippen molar-refractivity contribution in [2.24, 2.45) is 11.1 Å². The zero-order valence-corrected chi connectivity index (χ0v) is 12.7. The molecule has 1 atom stereocenters. The lowest BCUT2D eigenvalue weighted by molar-refractivity contribution is -0.120. The molecular formula is C12H25ClN4O2. The van der Waals surface area contributed by atoms with Crippen LogP contribution in [0.1, 0.15) is 26.7 Å². The van der Waals surface area contributed by atoms with Gasteiger partial charge in [-0.05, 0) is 18.4 Å². The first-order valence-corrected chi connectivity index (χ1v) is 6.34. The van der Waals surface area contributed by atoms with Crippen molar-refractivity contribution in [1.82, 2.24) is 15.5 Å². The molecule has 1 saturated heterocycles. The molecule has 1 unspecified atom stereocenters. The van der Waals surface area contributed by atoms with Crippen molar-refractivity contribution in [2.45, 2.75) is 32.7 Å². The number of hydrogen-bond acceptors (Lipinski definition) is 4. The predicted octanol–water partition coefficient (Wildman–Crippen LogP) is 0.313. The van der Waals surface area contributed by atoms with Gasteiger partial charge in [0, 0.05) is 32.6 Å². The van der Waals surface area contributed by atoms with Crippen molar-refractivity contribution in [3.05, 3.63) is 0 Å². The van der Waals surface area contributed by atoms with Gasteiger partial charge < -0.3 is 16.0 Å². The molecule has 112 valence electrons. The maximum atomic E-state index is 11.5. The Morgan fingerprint density at radius 2 is 2.05 bits per heavy atom. The molecule has 1 aliphatic heterocycles. The van der Waals surface area contributed by atoms with Crippen LogP contribution < -0.4 is 16.4 Å². The van der Waals surface area contributed by atoms with E-state index in [1.54, 1.807) is 0 Å². The third-order valence-electron chi connectivity index (χ3n) is 3.53. The van der Waals surface area contributed by atoms with Gasteiger partial charge in [-0.15, -0.1) is 12.4 Å². The van der Waals surface area contributed by atoms with E-state index in [-0.39, 0.29) is 29.8 Å². The standard InChI is InChI=1S/C12H24N4O2.ClH/c1-12(2)8-16(6-4-9(12)13)7-5-10(17)15-11(18)14-3;/h9H,4-8,13H2,1-3H3,(H2,14,15,17,18);1H. The fraction of sp³-hybridized carbons (Fsp3) is 0.833. The van der Waals surface area contributed by atoms with Gasteiger partial charge in [-0.1, -0.05) is 13.8 Å². The molecule has 19 heavy (non-hydrogen) atoms. The molecule has 0 aliphatic carbocycles. The zero-order valence-electron chi connectivity index (χ0n) is 11.9. The van der Waals surface area contributed by atoms with E-state index in [1.165, 1.54) is 7.05 Å². The van der Waals surface area contributed by atoms with Crippen LogP contribution in [0.3, 0.4) is 0 Å². The summed E-state index contributed by atoms with van der Waals surface area (Å²) in [5.74, 6) is -0.248. The lowest BCUT2D eigenvalue weighted by atomic mass is 9.80. The van der Waals surface area contributed by atoms with Gasteiger partial charge in [0.2, 0.25) is 5.91 Å². The summed E-state index contributed by atoms with van der Waals surface area (Å²) < 4.78 is 0. The number of likely N-dealkylation sites (tertiary alicyclic amines) is 1. The lowest BCUT2D eigenvalue weighted by Crippen LogP contribution is -2.53. The number of halogens is 1. The Bertz CT molecular complexity index is 323. The Balaban J connectivity index is 0.00000324. The molecule has 6 nitrogen and oxygen atoms in total. The van der Waals surface area contributed by atoms with E-state index < -0.39 is 6.03 Å². The SMILES string of the molecule is CNC(=O)NC(=O)CCN1CCC(N)C(C)(C)C1.Cl. The second-order valence-electron chi connectivity index (χ2n) is 5.54. The molecule has 1 rings (SSSR count). The highest BCUT2D eigenvalue weighted by atomic mass is 35.5. The number of nitrogens with zero attached hydrogens (tertiary/aromatic N) is 1. The molecule has 0 bridgehead atoms. The molecule has 1 fully saturated rings. The van der Waals surface area contributed by atoms with Crippen LogP contribution in [0.15, 0.2) is 0 Å². The van der Waals surface area contributed by atoms with Crippen LogP contribution in [0.4, 0.5) is 4.79 Å². The number of urea groups is 1. The highest BCUT2D eigenvalue weighted by molar-refractivity contribution is 5.94. The Labute approximate surface area is 120 Å². The highest BCUT2D eigenvalue weighted by Crippen LogP contribution is 2.27. The smallest absolute Gasteiger partial charge is 0.321 e. The first-order valence-electron chi connectivity index (χ1n) is 6.34. The van der Waals surface area contributed by atoms with Crippen LogP contribution in [0.2, 0.25) is 0 Å². The number of hydrogen-bond donors (Lipinski definition) is 3. The van der Waals surface area contributed by atoms with Gasteiger partial charge in [0.15, 0.2) is 0 Å². The Hall–Kier alpha value is -0.850. The second kappa shape index (κ2) is 7.67. The number of piperidine rings is 1. The second-order valence-corrected chi connectivity index (χ2v) is 5.54. The monoisotopic (exact) mass is 292 g/mol.